The molecule has 0 saturated heterocycles. The molecule has 1 heteroatoms. The fraction of sp³-hybridized carbons (Fsp3) is 0.944. The molecule has 0 bridgehead atoms. The van der Waals surface area contributed by atoms with Gasteiger partial charge in [0.1, 0.15) is 0 Å². The number of nitriles is 1. The lowest BCUT2D eigenvalue weighted by Gasteiger charge is -2.34. The van der Waals surface area contributed by atoms with Gasteiger partial charge in [0.15, 0.2) is 0 Å². The van der Waals surface area contributed by atoms with E-state index >= 15 is 0 Å². The minimum absolute atomic E-state index is 0.242. The van der Waals surface area contributed by atoms with E-state index in [-0.39, 0.29) is 5.92 Å². The first-order valence-corrected chi connectivity index (χ1v) is 8.46. The van der Waals surface area contributed by atoms with Gasteiger partial charge < -0.3 is 0 Å². The summed E-state index contributed by atoms with van der Waals surface area (Å²) in [6.45, 7) is 9.10. The summed E-state index contributed by atoms with van der Waals surface area (Å²) < 4.78 is 0. The first-order valence-electron chi connectivity index (χ1n) is 8.46. The summed E-state index contributed by atoms with van der Waals surface area (Å²) in [5.41, 5.74) is 0. The maximum atomic E-state index is 8.90. The normalized spacial score (nSPS) is 26.9. The zero-order valence-corrected chi connectivity index (χ0v) is 13.5. The van der Waals surface area contributed by atoms with Gasteiger partial charge in [0.05, 0.1) is 6.07 Å². The highest BCUT2D eigenvalue weighted by Crippen LogP contribution is 2.39. The van der Waals surface area contributed by atoms with E-state index < -0.39 is 0 Å². The molecule has 110 valence electrons. The second-order valence-corrected chi connectivity index (χ2v) is 7.19. The van der Waals surface area contributed by atoms with E-state index in [1.54, 1.807) is 0 Å². The maximum absolute atomic E-state index is 8.90. The third-order valence-corrected chi connectivity index (χ3v) is 5.08. The zero-order chi connectivity index (χ0) is 14.3. The summed E-state index contributed by atoms with van der Waals surface area (Å²) in [6, 6.07) is 2.38. The Labute approximate surface area is 120 Å². The maximum Gasteiger partial charge on any atom is 0.0652 e. The van der Waals surface area contributed by atoms with Gasteiger partial charge in [-0.3, -0.25) is 0 Å². The summed E-state index contributed by atoms with van der Waals surface area (Å²) in [7, 11) is 0. The fourth-order valence-electron chi connectivity index (χ4n) is 3.86. The van der Waals surface area contributed by atoms with Gasteiger partial charge in [-0.25, -0.2) is 0 Å². The van der Waals surface area contributed by atoms with Gasteiger partial charge in [-0.2, -0.15) is 5.26 Å². The van der Waals surface area contributed by atoms with E-state index in [4.69, 9.17) is 5.26 Å². The van der Waals surface area contributed by atoms with Crippen molar-refractivity contribution in [3.8, 4) is 6.07 Å². The van der Waals surface area contributed by atoms with Crippen LogP contribution in [0.25, 0.3) is 0 Å². The lowest BCUT2D eigenvalue weighted by molar-refractivity contribution is 0.174. The van der Waals surface area contributed by atoms with Crippen LogP contribution in [0.1, 0.15) is 79.1 Å². The van der Waals surface area contributed by atoms with Crippen LogP contribution in [-0.2, 0) is 0 Å². The molecule has 1 saturated carbocycles. The van der Waals surface area contributed by atoms with Crippen LogP contribution < -0.4 is 0 Å². The highest BCUT2D eigenvalue weighted by atomic mass is 14.3. The third kappa shape index (κ3) is 5.98. The van der Waals surface area contributed by atoms with Crippen molar-refractivity contribution in [2.75, 3.05) is 0 Å². The molecule has 0 heterocycles. The quantitative estimate of drug-likeness (QED) is 0.569. The van der Waals surface area contributed by atoms with Gasteiger partial charge in [-0.05, 0) is 62.7 Å². The largest absolute Gasteiger partial charge is 0.198 e. The van der Waals surface area contributed by atoms with Crippen molar-refractivity contribution in [1.29, 1.82) is 5.26 Å². The third-order valence-electron chi connectivity index (χ3n) is 5.08. The lowest BCUT2D eigenvalue weighted by atomic mass is 9.71. The van der Waals surface area contributed by atoms with E-state index in [0.29, 0.717) is 0 Å². The van der Waals surface area contributed by atoms with E-state index in [1.165, 1.54) is 44.9 Å². The van der Waals surface area contributed by atoms with E-state index in [9.17, 15) is 0 Å². The van der Waals surface area contributed by atoms with Crippen molar-refractivity contribution in [2.24, 2.45) is 29.6 Å². The van der Waals surface area contributed by atoms with Gasteiger partial charge in [0.25, 0.3) is 0 Å². The Hall–Kier alpha value is -0.510. The van der Waals surface area contributed by atoms with Crippen molar-refractivity contribution in [2.45, 2.75) is 79.1 Å². The molecule has 0 aliphatic heterocycles. The lowest BCUT2D eigenvalue weighted by Crippen LogP contribution is -2.22. The summed E-state index contributed by atoms with van der Waals surface area (Å²) in [5.74, 6) is 3.91. The summed E-state index contributed by atoms with van der Waals surface area (Å²) in [4.78, 5) is 0. The monoisotopic (exact) mass is 263 g/mol. The Balaban J connectivity index is 2.33. The minimum atomic E-state index is 0.242. The second-order valence-electron chi connectivity index (χ2n) is 7.19. The highest BCUT2D eigenvalue weighted by molar-refractivity contribution is 4.82. The molecule has 2 atom stereocenters. The van der Waals surface area contributed by atoms with E-state index in [2.05, 4.69) is 33.8 Å². The standard InChI is InChI=1S/C18H33N/c1-5-17(9-6-15(4)13-19)18-10-7-16(8-11-18)12-14(2)3/h14-18H,5-12H2,1-4H3. The molecule has 1 fully saturated rings. The number of nitrogens with zero attached hydrogens (tertiary/aromatic N) is 1. The Kier molecular flexibility index (Phi) is 7.51. The molecule has 1 rings (SSSR count). The van der Waals surface area contributed by atoms with Gasteiger partial charge in [0, 0.05) is 5.92 Å². The molecule has 0 radical (unpaired) electrons. The molecular weight excluding hydrogens is 230 g/mol. The molecule has 1 aliphatic rings. The Morgan fingerprint density at radius 3 is 2.16 bits per heavy atom. The molecule has 1 nitrogen and oxygen atoms in total. The van der Waals surface area contributed by atoms with Crippen LogP contribution in [0.15, 0.2) is 0 Å². The molecule has 1 aliphatic carbocycles. The molecule has 0 amide bonds. The first kappa shape index (κ1) is 16.5. The van der Waals surface area contributed by atoms with E-state index in [0.717, 1.165) is 30.1 Å². The average molecular weight is 263 g/mol. The van der Waals surface area contributed by atoms with Gasteiger partial charge >= 0.3 is 0 Å². The van der Waals surface area contributed by atoms with Gasteiger partial charge in [0.2, 0.25) is 0 Å². The molecule has 0 N–H and O–H groups in total. The van der Waals surface area contributed by atoms with Crippen molar-refractivity contribution < 1.29 is 0 Å². The smallest absolute Gasteiger partial charge is 0.0652 e. The average Bonchev–Trinajstić information content (AvgIpc) is 2.40. The fourth-order valence-corrected chi connectivity index (χ4v) is 3.86. The summed E-state index contributed by atoms with van der Waals surface area (Å²) >= 11 is 0. The van der Waals surface area contributed by atoms with Crippen molar-refractivity contribution >= 4 is 0 Å². The van der Waals surface area contributed by atoms with Crippen molar-refractivity contribution in [3.05, 3.63) is 0 Å². The Bertz CT molecular complexity index is 268. The zero-order valence-electron chi connectivity index (χ0n) is 13.5. The Morgan fingerprint density at radius 1 is 1.05 bits per heavy atom. The molecule has 0 aromatic heterocycles. The number of hydrogen-bond donors (Lipinski definition) is 0. The van der Waals surface area contributed by atoms with Gasteiger partial charge in [-0.15, -0.1) is 0 Å². The molecule has 0 aromatic carbocycles. The molecule has 19 heavy (non-hydrogen) atoms. The topological polar surface area (TPSA) is 23.8 Å². The van der Waals surface area contributed by atoms with Crippen LogP contribution in [0.3, 0.4) is 0 Å². The van der Waals surface area contributed by atoms with E-state index in [1.807, 2.05) is 0 Å². The first-order chi connectivity index (χ1) is 9.06. The number of rotatable bonds is 7. The molecular formula is C18H33N. The number of hydrogen-bond acceptors (Lipinski definition) is 1. The Morgan fingerprint density at radius 2 is 1.68 bits per heavy atom. The van der Waals surface area contributed by atoms with Crippen LogP contribution in [0, 0.1) is 40.9 Å². The SMILES string of the molecule is CCC(CCC(C)C#N)C1CCC(CC(C)C)CC1. The summed E-state index contributed by atoms with van der Waals surface area (Å²) in [5, 5.41) is 8.90. The predicted molar refractivity (Wildman–Crippen MR) is 82.7 cm³/mol. The highest BCUT2D eigenvalue weighted by Gasteiger charge is 2.27. The predicted octanol–water partition coefficient (Wildman–Crippen LogP) is 5.80. The van der Waals surface area contributed by atoms with Crippen LogP contribution in [0.2, 0.25) is 0 Å². The van der Waals surface area contributed by atoms with Crippen LogP contribution in [0.5, 0.6) is 0 Å². The molecule has 2 unspecified atom stereocenters. The molecule has 0 spiro atoms. The second kappa shape index (κ2) is 8.62. The van der Waals surface area contributed by atoms with Crippen LogP contribution in [-0.4, -0.2) is 0 Å². The van der Waals surface area contributed by atoms with Crippen LogP contribution >= 0.6 is 0 Å². The van der Waals surface area contributed by atoms with Gasteiger partial charge in [-0.1, -0.05) is 40.0 Å². The van der Waals surface area contributed by atoms with Crippen LogP contribution in [0.4, 0.5) is 0 Å². The summed E-state index contributed by atoms with van der Waals surface area (Å²) in [6.07, 6.45) is 10.9. The van der Waals surface area contributed by atoms with Crippen molar-refractivity contribution in [1.82, 2.24) is 0 Å². The minimum Gasteiger partial charge on any atom is -0.198 e. The van der Waals surface area contributed by atoms with Crippen molar-refractivity contribution in [3.63, 3.8) is 0 Å². The molecule has 0 aromatic rings.